The number of nitrogens with zero attached hydrogens (tertiary/aromatic N) is 2. The Balaban J connectivity index is 1.45. The number of carbonyl (C=O) groups is 1. The van der Waals surface area contributed by atoms with E-state index in [4.69, 9.17) is 0 Å². The van der Waals surface area contributed by atoms with E-state index < -0.39 is 0 Å². The first kappa shape index (κ1) is 20.5. The minimum Gasteiger partial charge on any atom is -0.336 e. The first-order chi connectivity index (χ1) is 12.8. The van der Waals surface area contributed by atoms with E-state index in [0.717, 1.165) is 5.75 Å². The van der Waals surface area contributed by atoms with E-state index in [1.54, 1.807) is 0 Å². The molecule has 4 heteroatoms. The van der Waals surface area contributed by atoms with Gasteiger partial charge in [0.05, 0.1) is 5.75 Å². The minimum absolute atomic E-state index is 0.449. The number of thioether (sulfide) groups is 1. The molecule has 26 heavy (non-hydrogen) atoms. The lowest BCUT2D eigenvalue weighted by atomic mass is 9.88. The topological polar surface area (TPSA) is 23.6 Å². The van der Waals surface area contributed by atoms with Crippen LogP contribution in [0, 0.1) is 0 Å². The molecule has 0 aromatic rings. The second kappa shape index (κ2) is 11.6. The summed E-state index contributed by atoms with van der Waals surface area (Å²) in [6.45, 7) is 3.71. The molecular weight excluding hydrogens is 340 g/mol. The Morgan fingerprint density at radius 1 is 0.769 bits per heavy atom. The fourth-order valence-electron chi connectivity index (χ4n) is 5.21. The zero-order chi connectivity index (χ0) is 18.0. The molecule has 1 heterocycles. The Bertz CT molecular complexity index is 379. The Labute approximate surface area is 165 Å². The fraction of sp³-hybridized carbons (Fsp3) is 0.955. The summed E-state index contributed by atoms with van der Waals surface area (Å²) in [7, 11) is 0. The number of hydrogen-bond donors (Lipinski definition) is 0. The molecule has 0 N–H and O–H groups in total. The van der Waals surface area contributed by atoms with Crippen LogP contribution < -0.4 is 0 Å². The van der Waals surface area contributed by atoms with Gasteiger partial charge in [0.25, 0.3) is 0 Å². The molecular formula is C22H40N2OS. The fourth-order valence-corrected chi connectivity index (χ4v) is 6.07. The van der Waals surface area contributed by atoms with Crippen LogP contribution in [0.4, 0.5) is 0 Å². The largest absolute Gasteiger partial charge is 0.336 e. The number of rotatable bonds is 7. The van der Waals surface area contributed by atoms with Gasteiger partial charge in [-0.3, -0.25) is 4.79 Å². The van der Waals surface area contributed by atoms with Gasteiger partial charge in [0.15, 0.2) is 0 Å². The van der Waals surface area contributed by atoms with Crippen molar-refractivity contribution in [2.24, 2.45) is 0 Å². The summed E-state index contributed by atoms with van der Waals surface area (Å²) in [5, 5.41) is 0. The maximum absolute atomic E-state index is 13.1. The highest BCUT2D eigenvalue weighted by atomic mass is 32.2. The van der Waals surface area contributed by atoms with E-state index in [1.165, 1.54) is 110 Å². The Hall–Kier alpha value is -0.220. The molecule has 1 amide bonds. The Morgan fingerprint density at radius 3 is 1.81 bits per heavy atom. The van der Waals surface area contributed by atoms with Crippen LogP contribution in [0.25, 0.3) is 0 Å². The third-order valence-corrected chi connectivity index (χ3v) is 7.62. The van der Waals surface area contributed by atoms with Crippen molar-refractivity contribution in [2.45, 2.75) is 102 Å². The lowest BCUT2D eigenvalue weighted by molar-refractivity contribution is -0.135. The smallest absolute Gasteiger partial charge is 0.233 e. The molecule has 0 aromatic heterocycles. The zero-order valence-corrected chi connectivity index (χ0v) is 17.6. The second-order valence-electron chi connectivity index (χ2n) is 8.69. The predicted octanol–water partition coefficient (Wildman–Crippen LogP) is 5.09. The second-order valence-corrected chi connectivity index (χ2v) is 9.80. The highest BCUT2D eigenvalue weighted by molar-refractivity contribution is 7.99. The summed E-state index contributed by atoms with van der Waals surface area (Å²) >= 11 is 1.89. The van der Waals surface area contributed by atoms with Gasteiger partial charge in [-0.1, -0.05) is 51.4 Å². The average molecular weight is 381 g/mol. The highest BCUT2D eigenvalue weighted by Gasteiger charge is 2.32. The zero-order valence-electron chi connectivity index (χ0n) is 16.8. The van der Waals surface area contributed by atoms with Crippen LogP contribution in [0.1, 0.15) is 89.9 Å². The molecule has 0 atom stereocenters. The standard InChI is InChI=1S/C22H40N2OS/c25-22(19-26-18-17-23-15-9-1-2-10-16-23)24(20-11-5-3-6-12-20)21-13-7-4-8-14-21/h20-21H,1-19H2. The van der Waals surface area contributed by atoms with Crippen molar-refractivity contribution >= 4 is 17.7 Å². The third-order valence-electron chi connectivity index (χ3n) is 6.70. The predicted molar refractivity (Wildman–Crippen MR) is 113 cm³/mol. The quantitative estimate of drug-likeness (QED) is 0.575. The molecule has 2 saturated carbocycles. The lowest BCUT2D eigenvalue weighted by Gasteiger charge is -2.42. The van der Waals surface area contributed by atoms with Crippen molar-refractivity contribution in [3.63, 3.8) is 0 Å². The van der Waals surface area contributed by atoms with Gasteiger partial charge in [-0.05, 0) is 51.6 Å². The molecule has 0 unspecified atom stereocenters. The van der Waals surface area contributed by atoms with E-state index in [9.17, 15) is 4.79 Å². The Morgan fingerprint density at radius 2 is 1.27 bits per heavy atom. The summed E-state index contributed by atoms with van der Waals surface area (Å²) in [4.78, 5) is 18.1. The summed E-state index contributed by atoms with van der Waals surface area (Å²) < 4.78 is 0. The van der Waals surface area contributed by atoms with Crippen LogP contribution in [-0.2, 0) is 4.79 Å². The Kier molecular flexibility index (Phi) is 9.14. The van der Waals surface area contributed by atoms with E-state index in [-0.39, 0.29) is 0 Å². The third kappa shape index (κ3) is 6.44. The van der Waals surface area contributed by atoms with Crippen molar-refractivity contribution in [1.29, 1.82) is 0 Å². The summed E-state index contributed by atoms with van der Waals surface area (Å²) in [6, 6.07) is 1.09. The molecule has 0 aromatic carbocycles. The average Bonchev–Trinajstić information content (AvgIpc) is 2.96. The van der Waals surface area contributed by atoms with Crippen molar-refractivity contribution in [3.8, 4) is 0 Å². The summed E-state index contributed by atoms with van der Waals surface area (Å²) in [6.07, 6.45) is 18.6. The molecule has 2 aliphatic carbocycles. The van der Waals surface area contributed by atoms with Gasteiger partial charge in [0.1, 0.15) is 0 Å². The first-order valence-electron chi connectivity index (χ1n) is 11.5. The van der Waals surface area contributed by atoms with Crippen molar-refractivity contribution in [1.82, 2.24) is 9.80 Å². The minimum atomic E-state index is 0.449. The number of hydrogen-bond acceptors (Lipinski definition) is 3. The molecule has 1 saturated heterocycles. The van der Waals surface area contributed by atoms with E-state index in [2.05, 4.69) is 9.80 Å². The van der Waals surface area contributed by atoms with Gasteiger partial charge >= 0.3 is 0 Å². The van der Waals surface area contributed by atoms with Crippen LogP contribution in [0.5, 0.6) is 0 Å². The molecule has 1 aliphatic heterocycles. The van der Waals surface area contributed by atoms with Gasteiger partial charge in [-0.25, -0.2) is 0 Å². The van der Waals surface area contributed by atoms with Crippen LogP contribution in [-0.4, -0.2) is 58.9 Å². The van der Waals surface area contributed by atoms with Gasteiger partial charge in [0.2, 0.25) is 5.91 Å². The van der Waals surface area contributed by atoms with Gasteiger partial charge in [-0.15, -0.1) is 0 Å². The molecule has 3 nitrogen and oxygen atoms in total. The van der Waals surface area contributed by atoms with Crippen LogP contribution >= 0.6 is 11.8 Å². The molecule has 150 valence electrons. The first-order valence-corrected chi connectivity index (χ1v) is 12.6. The van der Waals surface area contributed by atoms with Gasteiger partial charge in [0, 0.05) is 24.4 Å². The van der Waals surface area contributed by atoms with Crippen LogP contribution in [0.3, 0.4) is 0 Å². The van der Waals surface area contributed by atoms with Gasteiger partial charge < -0.3 is 9.80 Å². The van der Waals surface area contributed by atoms with E-state index in [0.29, 0.717) is 23.7 Å². The summed E-state index contributed by atoms with van der Waals surface area (Å²) in [5.74, 6) is 2.28. The molecule has 3 aliphatic rings. The van der Waals surface area contributed by atoms with E-state index in [1.807, 2.05) is 11.8 Å². The van der Waals surface area contributed by atoms with Gasteiger partial charge in [-0.2, -0.15) is 11.8 Å². The molecule has 0 spiro atoms. The molecule has 0 bridgehead atoms. The molecule has 0 radical (unpaired) electrons. The highest BCUT2D eigenvalue weighted by Crippen LogP contribution is 2.30. The maximum Gasteiger partial charge on any atom is 0.233 e. The van der Waals surface area contributed by atoms with Crippen molar-refractivity contribution in [2.75, 3.05) is 31.1 Å². The summed E-state index contributed by atoms with van der Waals surface area (Å²) in [5.41, 5.74) is 0. The van der Waals surface area contributed by atoms with Crippen LogP contribution in [0.15, 0.2) is 0 Å². The van der Waals surface area contributed by atoms with E-state index >= 15 is 0 Å². The monoisotopic (exact) mass is 380 g/mol. The number of amides is 1. The molecule has 3 fully saturated rings. The SMILES string of the molecule is O=C(CSCCN1CCCCCC1)N(C1CCCCC1)C1CCCCC1. The van der Waals surface area contributed by atoms with Crippen molar-refractivity contribution < 1.29 is 4.79 Å². The molecule has 3 rings (SSSR count). The van der Waals surface area contributed by atoms with Crippen LogP contribution in [0.2, 0.25) is 0 Å². The maximum atomic E-state index is 13.1. The van der Waals surface area contributed by atoms with Crippen molar-refractivity contribution in [3.05, 3.63) is 0 Å². The lowest BCUT2D eigenvalue weighted by Crippen LogP contribution is -2.49. The normalized spacial score (nSPS) is 24.3. The number of carbonyl (C=O) groups excluding carboxylic acids is 1. The number of likely N-dealkylation sites (tertiary alicyclic amines) is 1.